The van der Waals surface area contributed by atoms with Crippen LogP contribution in [0.5, 0.6) is 0 Å². The highest BCUT2D eigenvalue weighted by molar-refractivity contribution is 5.51. The van der Waals surface area contributed by atoms with Gasteiger partial charge in [0.15, 0.2) is 0 Å². The van der Waals surface area contributed by atoms with Crippen molar-refractivity contribution in [3.05, 3.63) is 54.6 Å². The molecular formula is C16H19N3. The lowest BCUT2D eigenvalue weighted by Crippen LogP contribution is -2.07. The lowest BCUT2D eigenvalue weighted by Gasteiger charge is -2.08. The minimum absolute atomic E-state index is 0.637. The molecule has 0 radical (unpaired) electrons. The zero-order valence-corrected chi connectivity index (χ0v) is 11.4. The van der Waals surface area contributed by atoms with E-state index < -0.39 is 0 Å². The van der Waals surface area contributed by atoms with Crippen molar-refractivity contribution in [2.45, 2.75) is 13.8 Å². The second kappa shape index (κ2) is 6.69. The third kappa shape index (κ3) is 4.54. The molecule has 0 aromatic heterocycles. The van der Waals surface area contributed by atoms with Crippen LogP contribution in [-0.4, -0.2) is 6.54 Å². The summed E-state index contributed by atoms with van der Waals surface area (Å²) >= 11 is 0. The molecule has 19 heavy (non-hydrogen) atoms. The molecular weight excluding hydrogens is 234 g/mol. The van der Waals surface area contributed by atoms with Crippen molar-refractivity contribution in [1.29, 1.82) is 0 Å². The van der Waals surface area contributed by atoms with Gasteiger partial charge in [-0.3, -0.25) is 0 Å². The average molecular weight is 253 g/mol. The minimum atomic E-state index is 0.637. The van der Waals surface area contributed by atoms with Crippen molar-refractivity contribution >= 4 is 17.1 Å². The Bertz CT molecular complexity index is 515. The van der Waals surface area contributed by atoms with Crippen LogP contribution in [0.1, 0.15) is 13.8 Å². The molecule has 0 aliphatic rings. The van der Waals surface area contributed by atoms with Gasteiger partial charge in [-0.25, -0.2) is 0 Å². The first-order valence-corrected chi connectivity index (χ1v) is 6.55. The molecule has 0 fully saturated rings. The molecule has 3 nitrogen and oxygen atoms in total. The highest BCUT2D eigenvalue weighted by atomic mass is 15.1. The Balaban J connectivity index is 1.97. The molecule has 0 saturated heterocycles. The molecule has 2 aromatic carbocycles. The number of benzene rings is 2. The lowest BCUT2D eigenvalue weighted by molar-refractivity contribution is 0.689. The fourth-order valence-corrected chi connectivity index (χ4v) is 1.58. The number of nitrogens with zero attached hydrogens (tertiary/aromatic N) is 2. The first-order valence-electron chi connectivity index (χ1n) is 6.55. The van der Waals surface area contributed by atoms with Crippen LogP contribution in [0.2, 0.25) is 0 Å². The topological polar surface area (TPSA) is 36.8 Å². The predicted molar refractivity (Wildman–Crippen MR) is 80.4 cm³/mol. The van der Waals surface area contributed by atoms with Crippen molar-refractivity contribution in [2.75, 3.05) is 11.9 Å². The molecule has 0 saturated carbocycles. The van der Waals surface area contributed by atoms with Gasteiger partial charge in [0.2, 0.25) is 0 Å². The van der Waals surface area contributed by atoms with Crippen LogP contribution >= 0.6 is 0 Å². The summed E-state index contributed by atoms with van der Waals surface area (Å²) in [5, 5.41) is 11.8. The van der Waals surface area contributed by atoms with Crippen LogP contribution in [-0.2, 0) is 0 Å². The summed E-state index contributed by atoms with van der Waals surface area (Å²) in [4.78, 5) is 0. The highest BCUT2D eigenvalue weighted by Crippen LogP contribution is 2.20. The molecule has 2 aromatic rings. The summed E-state index contributed by atoms with van der Waals surface area (Å²) < 4.78 is 0. The molecule has 0 heterocycles. The maximum absolute atomic E-state index is 4.21. The third-order valence-corrected chi connectivity index (χ3v) is 2.62. The number of rotatable bonds is 5. The molecule has 0 bridgehead atoms. The molecule has 98 valence electrons. The summed E-state index contributed by atoms with van der Waals surface area (Å²) in [7, 11) is 0. The largest absolute Gasteiger partial charge is 0.385 e. The van der Waals surface area contributed by atoms with E-state index in [2.05, 4.69) is 29.4 Å². The van der Waals surface area contributed by atoms with Gasteiger partial charge in [-0.1, -0.05) is 32.0 Å². The summed E-state index contributed by atoms with van der Waals surface area (Å²) in [6.45, 7) is 5.36. The van der Waals surface area contributed by atoms with E-state index in [0.29, 0.717) is 5.92 Å². The van der Waals surface area contributed by atoms with Crippen LogP contribution in [0.15, 0.2) is 64.8 Å². The number of nitrogens with one attached hydrogen (secondary N) is 1. The zero-order valence-electron chi connectivity index (χ0n) is 11.4. The van der Waals surface area contributed by atoms with E-state index in [0.717, 1.165) is 23.6 Å². The van der Waals surface area contributed by atoms with Gasteiger partial charge in [-0.15, -0.1) is 0 Å². The number of hydrogen-bond donors (Lipinski definition) is 1. The first kappa shape index (κ1) is 13.3. The first-order chi connectivity index (χ1) is 9.24. The Kier molecular flexibility index (Phi) is 4.67. The van der Waals surface area contributed by atoms with Crippen molar-refractivity contribution in [3.63, 3.8) is 0 Å². The molecule has 0 unspecified atom stereocenters. The van der Waals surface area contributed by atoms with E-state index in [1.54, 1.807) is 0 Å². The molecule has 0 amide bonds. The molecule has 0 aliphatic heterocycles. The smallest absolute Gasteiger partial charge is 0.0858 e. The molecule has 0 spiro atoms. The molecule has 0 atom stereocenters. The lowest BCUT2D eigenvalue weighted by atomic mass is 10.2. The van der Waals surface area contributed by atoms with E-state index >= 15 is 0 Å². The van der Waals surface area contributed by atoms with Gasteiger partial charge in [0.25, 0.3) is 0 Å². The van der Waals surface area contributed by atoms with Gasteiger partial charge in [0.1, 0.15) is 0 Å². The fraction of sp³-hybridized carbons (Fsp3) is 0.250. The van der Waals surface area contributed by atoms with Gasteiger partial charge in [0, 0.05) is 12.2 Å². The Hall–Kier alpha value is -2.16. The minimum Gasteiger partial charge on any atom is -0.385 e. The monoisotopic (exact) mass is 253 g/mol. The van der Waals surface area contributed by atoms with Gasteiger partial charge < -0.3 is 5.32 Å². The SMILES string of the molecule is CC(C)CNc1ccc(N=Nc2ccccc2)cc1. The predicted octanol–water partition coefficient (Wildman–Crippen LogP) is 5.17. The summed E-state index contributed by atoms with van der Waals surface area (Å²) in [6.07, 6.45) is 0. The normalized spacial score (nSPS) is 11.1. The van der Waals surface area contributed by atoms with E-state index in [-0.39, 0.29) is 0 Å². The van der Waals surface area contributed by atoms with Crippen LogP contribution in [0.3, 0.4) is 0 Å². The van der Waals surface area contributed by atoms with Crippen LogP contribution in [0.4, 0.5) is 17.1 Å². The Morgan fingerprint density at radius 1 is 0.842 bits per heavy atom. The maximum Gasteiger partial charge on any atom is 0.0858 e. The second-order valence-corrected chi connectivity index (χ2v) is 4.86. The van der Waals surface area contributed by atoms with Crippen molar-refractivity contribution < 1.29 is 0 Å². The van der Waals surface area contributed by atoms with Gasteiger partial charge in [-0.2, -0.15) is 10.2 Å². The van der Waals surface area contributed by atoms with E-state index in [1.807, 2.05) is 54.6 Å². The Morgan fingerprint density at radius 2 is 1.42 bits per heavy atom. The number of azo groups is 1. The van der Waals surface area contributed by atoms with E-state index in [9.17, 15) is 0 Å². The number of anilines is 1. The molecule has 0 aliphatic carbocycles. The van der Waals surface area contributed by atoms with Crippen molar-refractivity contribution in [3.8, 4) is 0 Å². The Labute approximate surface area is 114 Å². The zero-order chi connectivity index (χ0) is 13.5. The van der Waals surface area contributed by atoms with Crippen molar-refractivity contribution in [1.82, 2.24) is 0 Å². The van der Waals surface area contributed by atoms with Crippen LogP contribution in [0.25, 0.3) is 0 Å². The van der Waals surface area contributed by atoms with Gasteiger partial charge in [0.05, 0.1) is 11.4 Å². The van der Waals surface area contributed by atoms with Crippen LogP contribution in [0, 0.1) is 5.92 Å². The summed E-state index contributed by atoms with van der Waals surface area (Å²) in [5.41, 5.74) is 2.84. The fourth-order valence-electron chi connectivity index (χ4n) is 1.58. The third-order valence-electron chi connectivity index (χ3n) is 2.62. The van der Waals surface area contributed by atoms with Crippen molar-refractivity contribution in [2.24, 2.45) is 16.1 Å². The quantitative estimate of drug-likeness (QED) is 0.733. The highest BCUT2D eigenvalue weighted by Gasteiger charge is 1.95. The molecule has 3 heteroatoms. The summed E-state index contributed by atoms with van der Waals surface area (Å²) in [5.74, 6) is 0.637. The van der Waals surface area contributed by atoms with Gasteiger partial charge >= 0.3 is 0 Å². The van der Waals surface area contributed by atoms with E-state index in [1.165, 1.54) is 0 Å². The standard InChI is InChI=1S/C16H19N3/c1-13(2)12-17-14-8-10-16(11-9-14)19-18-15-6-4-3-5-7-15/h3-11,13,17H,12H2,1-2H3. The maximum atomic E-state index is 4.21. The number of hydrogen-bond acceptors (Lipinski definition) is 3. The average Bonchev–Trinajstić information content (AvgIpc) is 2.45. The van der Waals surface area contributed by atoms with E-state index in [4.69, 9.17) is 0 Å². The summed E-state index contributed by atoms with van der Waals surface area (Å²) in [6, 6.07) is 17.7. The van der Waals surface area contributed by atoms with Crippen LogP contribution < -0.4 is 5.32 Å². The Morgan fingerprint density at radius 3 is 2.00 bits per heavy atom. The molecule has 1 N–H and O–H groups in total. The molecule has 2 rings (SSSR count). The second-order valence-electron chi connectivity index (χ2n) is 4.86. The van der Waals surface area contributed by atoms with Gasteiger partial charge in [-0.05, 0) is 42.3 Å².